The molecule has 0 saturated heterocycles. The Morgan fingerprint density at radius 2 is 1.81 bits per heavy atom. The number of hydrogen-bond donors (Lipinski definition) is 1. The molecule has 1 N–H and O–H groups in total. The normalized spacial score (nSPS) is 18.5. The Kier molecular flexibility index (Phi) is 5.55. The molecule has 0 radical (unpaired) electrons. The quantitative estimate of drug-likeness (QED) is 0.591. The van der Waals surface area contributed by atoms with E-state index in [-0.39, 0.29) is 16.0 Å². The number of para-hydroxylation sites is 2. The number of hydrogen-bond acceptors (Lipinski definition) is 5. The molecule has 2 aromatic carbocycles. The maximum absolute atomic E-state index is 13.7. The number of fused-ring (bicyclic) bond motifs is 1. The van der Waals surface area contributed by atoms with Crippen LogP contribution in [0.1, 0.15) is 16.8 Å². The van der Waals surface area contributed by atoms with E-state index in [2.05, 4.69) is 10.1 Å². The van der Waals surface area contributed by atoms with Crippen LogP contribution in [-0.4, -0.2) is 52.4 Å². The number of rotatable bonds is 5. The van der Waals surface area contributed by atoms with Crippen molar-refractivity contribution >= 4 is 22.5 Å². The van der Waals surface area contributed by atoms with Gasteiger partial charge in [-0.1, -0.05) is 30.3 Å². The second-order valence-corrected chi connectivity index (χ2v) is 7.14. The van der Waals surface area contributed by atoms with E-state index in [1.807, 2.05) is 0 Å². The first-order chi connectivity index (χ1) is 15.3. The molecule has 1 aliphatic heterocycles. The van der Waals surface area contributed by atoms with Crippen LogP contribution < -0.4 is 4.74 Å². The first-order valence-electron chi connectivity index (χ1n) is 9.50. The van der Waals surface area contributed by atoms with Gasteiger partial charge in [0.05, 0.1) is 23.9 Å². The summed E-state index contributed by atoms with van der Waals surface area (Å²) in [6, 6.07) is 14.6. The molecule has 1 atom stereocenters. The number of aliphatic hydroxyl groups is 1. The van der Waals surface area contributed by atoms with Crippen LogP contribution in [0.3, 0.4) is 0 Å². The number of carbonyl (C=O) groups excluding carboxylic acids is 1. The molecule has 166 valence electrons. The van der Waals surface area contributed by atoms with Gasteiger partial charge in [-0.2, -0.15) is 10.1 Å². The Morgan fingerprint density at radius 1 is 1.12 bits per heavy atom. The summed E-state index contributed by atoms with van der Waals surface area (Å²) < 4.78 is 59.0. The molecular formula is C22H17F4N3O3. The Balaban J connectivity index is 1.91. The average molecular weight is 447 g/mol. The van der Waals surface area contributed by atoms with Gasteiger partial charge in [-0.25, -0.2) is 22.5 Å². The van der Waals surface area contributed by atoms with Crippen LogP contribution in [-0.2, 0) is 0 Å². The third kappa shape index (κ3) is 3.56. The second-order valence-electron chi connectivity index (χ2n) is 7.14. The van der Waals surface area contributed by atoms with Gasteiger partial charge in [0.1, 0.15) is 11.5 Å². The Labute approximate surface area is 179 Å². The molecule has 3 aromatic rings. The zero-order valence-corrected chi connectivity index (χ0v) is 16.7. The van der Waals surface area contributed by atoms with Crippen LogP contribution in [0.4, 0.5) is 17.6 Å². The van der Waals surface area contributed by atoms with Crippen molar-refractivity contribution in [3.05, 3.63) is 60.2 Å². The molecule has 32 heavy (non-hydrogen) atoms. The molecule has 10 heteroatoms. The Morgan fingerprint density at radius 3 is 2.50 bits per heavy atom. The molecule has 0 fully saturated rings. The van der Waals surface area contributed by atoms with Gasteiger partial charge in [0.25, 0.3) is 18.8 Å². The lowest BCUT2D eigenvalue weighted by atomic mass is 10.0. The van der Waals surface area contributed by atoms with E-state index in [0.717, 1.165) is 0 Å². The largest absolute Gasteiger partial charge is 0.496 e. The summed E-state index contributed by atoms with van der Waals surface area (Å²) in [7, 11) is 1.46. The summed E-state index contributed by atoms with van der Waals surface area (Å²) in [4.78, 5) is 17.8. The van der Waals surface area contributed by atoms with Crippen LogP contribution >= 0.6 is 0 Å². The van der Waals surface area contributed by atoms with Crippen LogP contribution in [0.15, 0.2) is 59.7 Å². The van der Waals surface area contributed by atoms with E-state index in [0.29, 0.717) is 22.5 Å². The lowest BCUT2D eigenvalue weighted by Gasteiger charge is -2.30. The summed E-state index contributed by atoms with van der Waals surface area (Å²) in [5, 5.41) is 14.1. The van der Waals surface area contributed by atoms with E-state index < -0.39 is 36.6 Å². The van der Waals surface area contributed by atoms with Gasteiger partial charge in [0, 0.05) is 17.4 Å². The van der Waals surface area contributed by atoms with Gasteiger partial charge < -0.3 is 9.84 Å². The van der Waals surface area contributed by atoms with Gasteiger partial charge in [-0.3, -0.25) is 4.79 Å². The number of aromatic nitrogens is 1. The smallest absolute Gasteiger partial charge is 0.287 e. The van der Waals surface area contributed by atoms with Gasteiger partial charge in [0.2, 0.25) is 5.72 Å². The van der Waals surface area contributed by atoms with E-state index >= 15 is 0 Å². The Hall–Kier alpha value is -3.53. The van der Waals surface area contributed by atoms with Gasteiger partial charge in [-0.05, 0) is 24.3 Å². The predicted molar refractivity (Wildman–Crippen MR) is 109 cm³/mol. The second kappa shape index (κ2) is 8.19. The molecule has 1 amide bonds. The minimum atomic E-state index is -3.52. The topological polar surface area (TPSA) is 75.0 Å². The maximum atomic E-state index is 13.7. The van der Waals surface area contributed by atoms with Crippen molar-refractivity contribution in [2.24, 2.45) is 5.10 Å². The third-order valence-corrected chi connectivity index (χ3v) is 5.16. The van der Waals surface area contributed by atoms with Crippen molar-refractivity contribution in [1.82, 2.24) is 9.99 Å². The number of ether oxygens (including phenoxy) is 1. The zero-order chi connectivity index (χ0) is 23.0. The molecular weight excluding hydrogens is 430 g/mol. The number of methoxy groups -OCH3 is 1. The summed E-state index contributed by atoms with van der Waals surface area (Å²) in [6.07, 6.45) is -7.87. The fourth-order valence-corrected chi connectivity index (χ4v) is 3.56. The van der Waals surface area contributed by atoms with Crippen molar-refractivity contribution in [2.75, 3.05) is 7.11 Å². The first kappa shape index (κ1) is 21.7. The van der Waals surface area contributed by atoms with Crippen molar-refractivity contribution < 1.29 is 32.2 Å². The number of hydrazone groups is 1. The van der Waals surface area contributed by atoms with E-state index in [1.54, 1.807) is 42.5 Å². The number of benzene rings is 2. The third-order valence-electron chi connectivity index (χ3n) is 5.16. The standard InChI is InChI=1S/C22H17F4N3O3/c1-32-18-9-5-3-7-13(18)16-10-14(12-6-2-4-8-15(12)27-16)20(30)29-22(31,21(25)26)11-17(28-29)19(23)24/h2-10,19,21,31H,11H2,1H3/t22-/m0/s1. The predicted octanol–water partition coefficient (Wildman–Crippen LogP) is 4.33. The lowest BCUT2D eigenvalue weighted by molar-refractivity contribution is -0.164. The summed E-state index contributed by atoms with van der Waals surface area (Å²) >= 11 is 0. The van der Waals surface area contributed by atoms with Gasteiger partial charge in [-0.15, -0.1) is 0 Å². The van der Waals surface area contributed by atoms with Crippen LogP contribution in [0.5, 0.6) is 5.75 Å². The highest BCUT2D eigenvalue weighted by atomic mass is 19.3. The number of nitrogens with zero attached hydrogens (tertiary/aromatic N) is 3. The molecule has 1 aliphatic rings. The SMILES string of the molecule is COc1ccccc1-c1cc(C(=O)N2N=C(C(F)F)C[C@]2(O)C(F)F)c2ccccc2n1. The molecule has 0 unspecified atom stereocenters. The van der Waals surface area contributed by atoms with Crippen molar-refractivity contribution in [1.29, 1.82) is 0 Å². The van der Waals surface area contributed by atoms with Crippen LogP contribution in [0.2, 0.25) is 0 Å². The molecule has 0 bridgehead atoms. The highest BCUT2D eigenvalue weighted by Crippen LogP contribution is 2.37. The van der Waals surface area contributed by atoms with E-state index in [1.165, 1.54) is 19.2 Å². The number of halogens is 4. The number of alkyl halides is 4. The highest BCUT2D eigenvalue weighted by Gasteiger charge is 2.53. The Bertz CT molecular complexity index is 1220. The summed E-state index contributed by atoms with van der Waals surface area (Å²) in [5.74, 6) is -0.699. The molecule has 0 spiro atoms. The minimum Gasteiger partial charge on any atom is -0.496 e. The van der Waals surface area contributed by atoms with E-state index in [9.17, 15) is 27.5 Å². The fraction of sp³-hybridized carbons (Fsp3) is 0.227. The average Bonchev–Trinajstić information content (AvgIpc) is 3.17. The van der Waals surface area contributed by atoms with Crippen LogP contribution in [0, 0.1) is 0 Å². The minimum absolute atomic E-state index is 0.0486. The molecule has 0 aliphatic carbocycles. The van der Waals surface area contributed by atoms with E-state index in [4.69, 9.17) is 4.74 Å². The number of carbonyl (C=O) groups is 1. The summed E-state index contributed by atoms with van der Waals surface area (Å²) in [5.41, 5.74) is -3.13. The molecule has 1 aromatic heterocycles. The molecule has 2 heterocycles. The summed E-state index contributed by atoms with van der Waals surface area (Å²) in [6.45, 7) is 0. The monoisotopic (exact) mass is 447 g/mol. The van der Waals surface area contributed by atoms with Gasteiger partial charge >= 0.3 is 0 Å². The molecule has 6 nitrogen and oxygen atoms in total. The highest BCUT2D eigenvalue weighted by molar-refractivity contribution is 6.08. The first-order valence-corrected chi connectivity index (χ1v) is 9.50. The zero-order valence-electron chi connectivity index (χ0n) is 16.7. The van der Waals surface area contributed by atoms with Gasteiger partial charge in [0.15, 0.2) is 0 Å². The molecule has 4 rings (SSSR count). The van der Waals surface area contributed by atoms with Crippen LogP contribution in [0.25, 0.3) is 22.2 Å². The molecule has 0 saturated carbocycles. The number of amides is 1. The lowest BCUT2D eigenvalue weighted by Crippen LogP contribution is -2.51. The van der Waals surface area contributed by atoms with Crippen molar-refractivity contribution in [2.45, 2.75) is 25.0 Å². The van der Waals surface area contributed by atoms with Crippen molar-refractivity contribution in [3.8, 4) is 17.0 Å². The van der Waals surface area contributed by atoms with Crippen molar-refractivity contribution in [3.63, 3.8) is 0 Å². The fourth-order valence-electron chi connectivity index (χ4n) is 3.56. The maximum Gasteiger partial charge on any atom is 0.287 e. The number of pyridine rings is 1.